The van der Waals surface area contributed by atoms with Crippen LogP contribution in [0.2, 0.25) is 0 Å². The zero-order chi connectivity index (χ0) is 14.8. The number of aryl methyl sites for hydroxylation is 1. The normalized spacial score (nSPS) is 11.2. The Hall–Kier alpha value is -1.63. The maximum absolute atomic E-state index is 11.9. The van der Waals surface area contributed by atoms with Gasteiger partial charge in [-0.25, -0.2) is 4.98 Å². The molecule has 1 heterocycles. The van der Waals surface area contributed by atoms with Crippen LogP contribution in [0.4, 0.5) is 0 Å². The fraction of sp³-hybridized carbons (Fsp3) is 0.615. The first kappa shape index (κ1) is 16.4. The molecule has 0 spiro atoms. The maximum atomic E-state index is 11.9. The molecule has 1 aromatic heterocycles. The van der Waals surface area contributed by atoms with Crippen molar-refractivity contribution in [3.8, 4) is 0 Å². The first-order valence-corrected chi connectivity index (χ1v) is 7.77. The van der Waals surface area contributed by atoms with E-state index in [1.165, 1.54) is 11.3 Å². The Balaban J connectivity index is 2.29. The lowest BCUT2D eigenvalue weighted by Crippen LogP contribution is -2.41. The number of hydrogen-bond donors (Lipinski definition) is 3. The lowest BCUT2D eigenvalue weighted by atomic mass is 10.4. The van der Waals surface area contributed by atoms with Crippen LogP contribution in [0.1, 0.15) is 35.6 Å². The summed E-state index contributed by atoms with van der Waals surface area (Å²) < 4.78 is 0. The van der Waals surface area contributed by atoms with E-state index in [-0.39, 0.29) is 5.91 Å². The number of hydrogen-bond acceptors (Lipinski definition) is 4. The smallest absolute Gasteiger partial charge is 0.263 e. The minimum absolute atomic E-state index is 0.0673. The molecule has 0 unspecified atom stereocenters. The topological polar surface area (TPSA) is 78.4 Å². The third kappa shape index (κ3) is 5.56. The summed E-state index contributed by atoms with van der Waals surface area (Å²) >= 11 is 1.36. The molecule has 1 rings (SSSR count). The van der Waals surface area contributed by atoms with Crippen LogP contribution in [0.25, 0.3) is 0 Å². The van der Waals surface area contributed by atoms with E-state index in [1.54, 1.807) is 5.51 Å². The highest BCUT2D eigenvalue weighted by Crippen LogP contribution is 2.10. The van der Waals surface area contributed by atoms with Gasteiger partial charge in [0.15, 0.2) is 5.96 Å². The van der Waals surface area contributed by atoms with E-state index in [0.29, 0.717) is 18.0 Å². The number of nitrogens with one attached hydrogen (secondary N) is 3. The Morgan fingerprint density at radius 3 is 2.65 bits per heavy atom. The first-order chi connectivity index (χ1) is 9.69. The monoisotopic (exact) mass is 297 g/mol. The quantitative estimate of drug-likeness (QED) is 0.401. The number of amides is 1. The van der Waals surface area contributed by atoms with Gasteiger partial charge in [-0.15, -0.1) is 11.3 Å². The summed E-state index contributed by atoms with van der Waals surface area (Å²) in [7, 11) is 0. The zero-order valence-corrected chi connectivity index (χ0v) is 13.1. The number of carbonyl (C=O) groups excluding carboxylic acids is 1. The molecule has 0 radical (unpaired) electrons. The Bertz CT molecular complexity index is 444. The molecule has 112 valence electrons. The average molecular weight is 297 g/mol. The predicted molar refractivity (Wildman–Crippen MR) is 83.5 cm³/mol. The highest BCUT2D eigenvalue weighted by Gasteiger charge is 2.10. The third-order valence-electron chi connectivity index (χ3n) is 2.49. The second kappa shape index (κ2) is 9.30. The Kier molecular flexibility index (Phi) is 7.64. The van der Waals surface area contributed by atoms with Crippen molar-refractivity contribution in [2.75, 3.05) is 26.2 Å². The van der Waals surface area contributed by atoms with Crippen LogP contribution < -0.4 is 16.0 Å². The molecular weight excluding hydrogens is 274 g/mol. The number of thiazole rings is 1. The van der Waals surface area contributed by atoms with Gasteiger partial charge in [0.1, 0.15) is 4.88 Å². The molecule has 0 fully saturated rings. The van der Waals surface area contributed by atoms with Crippen molar-refractivity contribution in [3.63, 3.8) is 0 Å². The van der Waals surface area contributed by atoms with Gasteiger partial charge in [0.2, 0.25) is 0 Å². The standard InChI is InChI=1S/C13H23N5OS/c1-4-6-16-13(14-5-2)17-8-7-15-12(19)11-10(3)18-9-20-11/h9H,4-8H2,1-3H3,(H,15,19)(H2,14,16,17). The van der Waals surface area contributed by atoms with Crippen molar-refractivity contribution in [2.45, 2.75) is 27.2 Å². The molecule has 0 bridgehead atoms. The van der Waals surface area contributed by atoms with Crippen molar-refractivity contribution < 1.29 is 4.79 Å². The molecule has 0 aliphatic rings. The fourth-order valence-electron chi connectivity index (χ4n) is 1.52. The largest absolute Gasteiger partial charge is 0.357 e. The highest BCUT2D eigenvalue weighted by molar-refractivity contribution is 7.11. The molecular formula is C13H23N5OS. The van der Waals surface area contributed by atoms with Gasteiger partial charge in [0.05, 0.1) is 11.2 Å². The van der Waals surface area contributed by atoms with Gasteiger partial charge in [-0.3, -0.25) is 9.79 Å². The zero-order valence-electron chi connectivity index (χ0n) is 12.3. The minimum atomic E-state index is -0.0673. The number of carbonyl (C=O) groups is 1. The number of guanidine groups is 1. The van der Waals surface area contributed by atoms with E-state index in [1.807, 2.05) is 13.8 Å². The third-order valence-corrected chi connectivity index (χ3v) is 3.42. The molecule has 0 atom stereocenters. The van der Waals surface area contributed by atoms with Gasteiger partial charge < -0.3 is 16.0 Å². The van der Waals surface area contributed by atoms with Crippen molar-refractivity contribution in [2.24, 2.45) is 4.99 Å². The van der Waals surface area contributed by atoms with E-state index in [9.17, 15) is 4.79 Å². The number of aliphatic imine (C=N–C) groups is 1. The summed E-state index contributed by atoms with van der Waals surface area (Å²) in [5, 5.41) is 9.21. The molecule has 0 saturated heterocycles. The number of rotatable bonds is 7. The molecule has 0 aromatic carbocycles. The highest BCUT2D eigenvalue weighted by atomic mass is 32.1. The van der Waals surface area contributed by atoms with Crippen molar-refractivity contribution in [1.82, 2.24) is 20.9 Å². The lowest BCUT2D eigenvalue weighted by Gasteiger charge is -2.11. The SMILES string of the molecule is CCCN=C(NCC)NCCNC(=O)c1scnc1C. The van der Waals surface area contributed by atoms with E-state index in [2.05, 4.69) is 32.9 Å². The predicted octanol–water partition coefficient (Wildman–Crippen LogP) is 1.15. The van der Waals surface area contributed by atoms with Gasteiger partial charge in [0, 0.05) is 26.2 Å². The molecule has 20 heavy (non-hydrogen) atoms. The summed E-state index contributed by atoms with van der Waals surface area (Å²) in [6.07, 6.45) is 1.01. The number of aromatic nitrogens is 1. The molecule has 0 aliphatic heterocycles. The van der Waals surface area contributed by atoms with E-state index < -0.39 is 0 Å². The van der Waals surface area contributed by atoms with E-state index in [0.717, 1.165) is 31.2 Å². The summed E-state index contributed by atoms with van der Waals surface area (Å²) in [4.78, 5) is 21.0. The first-order valence-electron chi connectivity index (χ1n) is 6.89. The Morgan fingerprint density at radius 2 is 2.05 bits per heavy atom. The molecule has 0 aliphatic carbocycles. The van der Waals surface area contributed by atoms with Crippen LogP contribution in [-0.4, -0.2) is 43.0 Å². The molecule has 0 saturated carbocycles. The van der Waals surface area contributed by atoms with E-state index in [4.69, 9.17) is 0 Å². The fourth-order valence-corrected chi connectivity index (χ4v) is 2.24. The Labute approximate surface area is 124 Å². The van der Waals surface area contributed by atoms with Crippen molar-refractivity contribution in [3.05, 3.63) is 16.1 Å². The molecule has 7 heteroatoms. The summed E-state index contributed by atoms with van der Waals surface area (Å²) in [5.41, 5.74) is 2.46. The molecule has 3 N–H and O–H groups in total. The minimum Gasteiger partial charge on any atom is -0.357 e. The van der Waals surface area contributed by atoms with Crippen molar-refractivity contribution in [1.29, 1.82) is 0 Å². The van der Waals surface area contributed by atoms with Crippen LogP contribution in [-0.2, 0) is 0 Å². The molecule has 1 amide bonds. The summed E-state index contributed by atoms with van der Waals surface area (Å²) in [5.74, 6) is 0.722. The van der Waals surface area contributed by atoms with Gasteiger partial charge in [0.25, 0.3) is 5.91 Å². The number of nitrogens with zero attached hydrogens (tertiary/aromatic N) is 2. The Morgan fingerprint density at radius 1 is 1.30 bits per heavy atom. The lowest BCUT2D eigenvalue weighted by molar-refractivity contribution is 0.0957. The maximum Gasteiger partial charge on any atom is 0.263 e. The van der Waals surface area contributed by atoms with Gasteiger partial charge in [-0.1, -0.05) is 6.92 Å². The van der Waals surface area contributed by atoms with Crippen LogP contribution in [0.3, 0.4) is 0 Å². The van der Waals surface area contributed by atoms with Crippen LogP contribution in [0, 0.1) is 6.92 Å². The molecule has 6 nitrogen and oxygen atoms in total. The van der Waals surface area contributed by atoms with Gasteiger partial charge in [-0.2, -0.15) is 0 Å². The summed E-state index contributed by atoms with van der Waals surface area (Å²) in [6.45, 7) is 8.75. The van der Waals surface area contributed by atoms with E-state index >= 15 is 0 Å². The van der Waals surface area contributed by atoms with Crippen molar-refractivity contribution >= 4 is 23.2 Å². The summed E-state index contributed by atoms with van der Waals surface area (Å²) in [6, 6.07) is 0. The van der Waals surface area contributed by atoms with Crippen LogP contribution in [0.15, 0.2) is 10.5 Å². The second-order valence-corrected chi connectivity index (χ2v) is 5.06. The van der Waals surface area contributed by atoms with Gasteiger partial charge >= 0.3 is 0 Å². The molecule has 1 aromatic rings. The average Bonchev–Trinajstić information content (AvgIpc) is 2.86. The van der Waals surface area contributed by atoms with Crippen LogP contribution in [0.5, 0.6) is 0 Å². The van der Waals surface area contributed by atoms with Crippen LogP contribution >= 0.6 is 11.3 Å². The van der Waals surface area contributed by atoms with Gasteiger partial charge in [-0.05, 0) is 20.3 Å². The second-order valence-electron chi connectivity index (χ2n) is 4.21.